The van der Waals surface area contributed by atoms with Gasteiger partial charge >= 0.3 is 6.03 Å². The molecule has 52 heavy (non-hydrogen) atoms. The quantitative estimate of drug-likeness (QED) is 0.219. The number of amidine groups is 1. The van der Waals surface area contributed by atoms with E-state index in [1.807, 2.05) is 89.0 Å². The van der Waals surface area contributed by atoms with E-state index in [4.69, 9.17) is 9.73 Å². The molecule has 1 saturated heterocycles. The third-order valence-corrected chi connectivity index (χ3v) is 9.37. The van der Waals surface area contributed by atoms with Crippen LogP contribution >= 0.6 is 0 Å². The normalized spacial score (nSPS) is 16.8. The number of nitrogens with zero attached hydrogens (tertiary/aromatic N) is 5. The van der Waals surface area contributed by atoms with E-state index in [0.717, 1.165) is 48.9 Å². The van der Waals surface area contributed by atoms with Crippen molar-refractivity contribution in [2.45, 2.75) is 84.2 Å². The SMILES string of the molecule is CC#CCCN(C)C(=O)CC.CCOc1ccc(C(C)(C)C#N)cc1C1=NC(c2ccc(O)cc2)C(c2ccc(O)cc2)N1C(=O)N1CCCCC1. The molecule has 0 aliphatic carbocycles. The lowest BCUT2D eigenvalue weighted by molar-refractivity contribution is -0.129. The zero-order valence-electron chi connectivity index (χ0n) is 31.2. The molecule has 0 spiro atoms. The lowest BCUT2D eigenvalue weighted by Crippen LogP contribution is -2.48. The average Bonchev–Trinajstić information content (AvgIpc) is 3.56. The fraction of sp³-hybridized carbons (Fsp3) is 0.429. The van der Waals surface area contributed by atoms with Gasteiger partial charge in [-0.2, -0.15) is 5.26 Å². The van der Waals surface area contributed by atoms with Crippen molar-refractivity contribution in [3.63, 3.8) is 0 Å². The number of ether oxygens (including phenoxy) is 1. The van der Waals surface area contributed by atoms with Crippen molar-refractivity contribution in [2.24, 2.45) is 4.99 Å². The van der Waals surface area contributed by atoms with Crippen LogP contribution in [0.5, 0.6) is 17.2 Å². The van der Waals surface area contributed by atoms with Gasteiger partial charge in [-0.15, -0.1) is 11.8 Å². The number of carbonyl (C=O) groups excluding carboxylic acids is 2. The summed E-state index contributed by atoms with van der Waals surface area (Å²) in [5, 5.41) is 30.0. The molecule has 0 radical (unpaired) electrons. The van der Waals surface area contributed by atoms with Crippen molar-refractivity contribution in [2.75, 3.05) is 33.3 Å². The molecule has 10 heteroatoms. The molecule has 3 amide bonds. The Morgan fingerprint density at radius 1 is 0.962 bits per heavy atom. The van der Waals surface area contributed by atoms with Crippen molar-refractivity contribution in [3.8, 4) is 35.2 Å². The molecule has 274 valence electrons. The highest BCUT2D eigenvalue weighted by Gasteiger charge is 2.45. The summed E-state index contributed by atoms with van der Waals surface area (Å²) in [5.74, 6) is 7.21. The van der Waals surface area contributed by atoms with Crippen LogP contribution in [0.15, 0.2) is 71.7 Å². The fourth-order valence-corrected chi connectivity index (χ4v) is 6.30. The second kappa shape index (κ2) is 18.1. The Morgan fingerprint density at radius 3 is 2.13 bits per heavy atom. The Kier molecular flexibility index (Phi) is 13.7. The Hall–Kier alpha value is -5.48. The molecular formula is C42H51N5O5. The number of hydrogen-bond acceptors (Lipinski definition) is 7. The molecule has 5 rings (SSSR count). The summed E-state index contributed by atoms with van der Waals surface area (Å²) in [6, 6.07) is 20.6. The number of hydrogen-bond donors (Lipinski definition) is 2. The van der Waals surface area contributed by atoms with Crippen molar-refractivity contribution in [3.05, 3.63) is 89.0 Å². The Morgan fingerprint density at radius 2 is 1.58 bits per heavy atom. The summed E-state index contributed by atoms with van der Waals surface area (Å²) in [6.07, 6.45) is 4.32. The minimum Gasteiger partial charge on any atom is -0.508 e. The van der Waals surface area contributed by atoms with E-state index >= 15 is 0 Å². The maximum absolute atomic E-state index is 14.5. The lowest BCUT2D eigenvalue weighted by Gasteiger charge is -2.36. The van der Waals surface area contributed by atoms with E-state index in [0.29, 0.717) is 43.3 Å². The van der Waals surface area contributed by atoms with Gasteiger partial charge in [0.15, 0.2) is 0 Å². The van der Waals surface area contributed by atoms with Crippen molar-refractivity contribution < 1.29 is 24.5 Å². The van der Waals surface area contributed by atoms with Crippen molar-refractivity contribution in [1.29, 1.82) is 5.26 Å². The van der Waals surface area contributed by atoms with Crippen molar-refractivity contribution >= 4 is 17.8 Å². The van der Waals surface area contributed by atoms with Crippen LogP contribution < -0.4 is 4.74 Å². The van der Waals surface area contributed by atoms with Gasteiger partial charge in [-0.1, -0.05) is 37.3 Å². The van der Waals surface area contributed by atoms with Crippen LogP contribution in [0.1, 0.15) is 101 Å². The first-order valence-electron chi connectivity index (χ1n) is 18.0. The number of phenolic OH excluding ortho intramolecular Hbond substituents is 2. The number of amides is 3. The summed E-state index contributed by atoms with van der Waals surface area (Å²) in [4.78, 5) is 36.0. The second-order valence-corrected chi connectivity index (χ2v) is 13.5. The smallest absolute Gasteiger partial charge is 0.326 e. The van der Waals surface area contributed by atoms with E-state index in [9.17, 15) is 25.1 Å². The molecule has 10 nitrogen and oxygen atoms in total. The van der Waals surface area contributed by atoms with Gasteiger partial charge in [-0.05, 0) is 100 Å². The summed E-state index contributed by atoms with van der Waals surface area (Å²) in [7, 11) is 1.81. The van der Waals surface area contributed by atoms with Gasteiger partial charge in [-0.25, -0.2) is 4.79 Å². The molecule has 0 aromatic heterocycles. The zero-order valence-corrected chi connectivity index (χ0v) is 31.2. The summed E-state index contributed by atoms with van der Waals surface area (Å²) in [5.41, 5.74) is 2.31. The molecule has 2 unspecified atom stereocenters. The first-order valence-corrected chi connectivity index (χ1v) is 18.0. The number of aromatic hydroxyl groups is 2. The van der Waals surface area contributed by atoms with E-state index in [1.54, 1.807) is 34.1 Å². The van der Waals surface area contributed by atoms with Gasteiger partial charge in [0.05, 0.1) is 29.7 Å². The number of piperidine rings is 1. The molecule has 2 heterocycles. The number of aliphatic imine (C=N–C) groups is 1. The zero-order chi connectivity index (χ0) is 37.8. The highest BCUT2D eigenvalue weighted by Crippen LogP contribution is 2.46. The Bertz CT molecular complexity index is 1810. The molecule has 2 aliphatic rings. The minimum atomic E-state index is -0.771. The number of likely N-dealkylation sites (tertiary alicyclic amines) is 1. The summed E-state index contributed by atoms with van der Waals surface area (Å²) < 4.78 is 6.06. The van der Waals surface area contributed by atoms with Crippen LogP contribution in [-0.2, 0) is 10.2 Å². The van der Waals surface area contributed by atoms with Gasteiger partial charge in [0.2, 0.25) is 5.91 Å². The molecule has 3 aromatic carbocycles. The topological polar surface area (TPSA) is 130 Å². The molecular weight excluding hydrogens is 654 g/mol. The molecule has 2 N–H and O–H groups in total. The maximum Gasteiger partial charge on any atom is 0.326 e. The van der Waals surface area contributed by atoms with E-state index < -0.39 is 17.5 Å². The molecule has 0 bridgehead atoms. The van der Waals surface area contributed by atoms with Crippen molar-refractivity contribution in [1.82, 2.24) is 14.7 Å². The van der Waals surface area contributed by atoms with Gasteiger partial charge < -0.3 is 24.7 Å². The highest BCUT2D eigenvalue weighted by atomic mass is 16.5. The summed E-state index contributed by atoms with van der Waals surface area (Å²) >= 11 is 0. The van der Waals surface area contributed by atoms with E-state index in [2.05, 4.69) is 17.9 Å². The van der Waals surface area contributed by atoms with E-state index in [-0.39, 0.29) is 23.4 Å². The summed E-state index contributed by atoms with van der Waals surface area (Å²) in [6.45, 7) is 11.8. The molecule has 2 aliphatic heterocycles. The third-order valence-electron chi connectivity index (χ3n) is 9.37. The molecule has 1 fully saturated rings. The molecule has 2 atom stereocenters. The van der Waals surface area contributed by atoms with Gasteiger partial charge in [-0.3, -0.25) is 14.7 Å². The third kappa shape index (κ3) is 9.44. The predicted molar refractivity (Wildman–Crippen MR) is 203 cm³/mol. The highest BCUT2D eigenvalue weighted by molar-refractivity contribution is 6.11. The van der Waals surface area contributed by atoms with Gasteiger partial charge in [0.1, 0.15) is 29.1 Å². The lowest BCUT2D eigenvalue weighted by atomic mass is 9.85. The van der Waals surface area contributed by atoms with Gasteiger partial charge in [0.25, 0.3) is 0 Å². The maximum atomic E-state index is 14.5. The minimum absolute atomic E-state index is 0.132. The Balaban J connectivity index is 0.000000477. The largest absolute Gasteiger partial charge is 0.508 e. The van der Waals surface area contributed by atoms with Crippen LogP contribution in [-0.4, -0.2) is 76.0 Å². The van der Waals surface area contributed by atoms with Crippen LogP contribution in [0.3, 0.4) is 0 Å². The monoisotopic (exact) mass is 705 g/mol. The van der Waals surface area contributed by atoms with Crippen LogP contribution in [0.2, 0.25) is 0 Å². The van der Waals surface area contributed by atoms with Crippen LogP contribution in [0.25, 0.3) is 0 Å². The van der Waals surface area contributed by atoms with Gasteiger partial charge in [0, 0.05) is 39.5 Å². The average molecular weight is 706 g/mol. The standard InChI is InChI=1S/C33H36N4O4.C9H15NO/c1-4-41-28-17-12-24(33(2,3)21-34)20-27(28)31-35-29(22-8-13-25(38)14-9-22)30(23-10-15-26(39)16-11-23)37(31)32(40)36-18-6-5-7-19-36;1-4-6-7-8-10(3)9(11)5-2/h8-17,20,29-30,38-39H,4-7,18-19H2,1-3H3;5,7-8H2,1-3H3. The Labute approximate surface area is 308 Å². The predicted octanol–water partition coefficient (Wildman–Crippen LogP) is 7.72. The number of rotatable bonds is 9. The number of phenols is 2. The second-order valence-electron chi connectivity index (χ2n) is 13.5. The fourth-order valence-electron chi connectivity index (χ4n) is 6.30. The van der Waals surface area contributed by atoms with Crippen LogP contribution in [0.4, 0.5) is 4.79 Å². The number of urea groups is 1. The first-order chi connectivity index (χ1) is 24.9. The molecule has 3 aromatic rings. The molecule has 0 saturated carbocycles. The number of nitriles is 1. The van der Waals surface area contributed by atoms with Crippen LogP contribution in [0, 0.1) is 23.2 Å². The van der Waals surface area contributed by atoms with E-state index in [1.165, 1.54) is 0 Å². The number of carbonyl (C=O) groups is 2. The first kappa shape index (κ1) is 39.3. The number of benzene rings is 3.